The molecule has 0 bridgehead atoms. The van der Waals surface area contributed by atoms with E-state index in [1.165, 1.54) is 11.8 Å². The van der Waals surface area contributed by atoms with Crippen molar-refractivity contribution in [3.05, 3.63) is 10.5 Å². The third-order valence-electron chi connectivity index (χ3n) is 1.98. The number of amidine groups is 1. The molecule has 0 aromatic carbocycles. The van der Waals surface area contributed by atoms with Crippen LogP contribution in [0, 0.1) is 5.41 Å². The summed E-state index contributed by atoms with van der Waals surface area (Å²) in [5.74, 6) is 0.153. The second-order valence-corrected chi connectivity index (χ2v) is 5.03. The van der Waals surface area contributed by atoms with Crippen LogP contribution in [0.4, 0.5) is 0 Å². The van der Waals surface area contributed by atoms with Crippen LogP contribution < -0.4 is 11.4 Å². The fourth-order valence-corrected chi connectivity index (χ4v) is 2.37. The molecule has 0 amide bonds. The highest BCUT2D eigenvalue weighted by Crippen LogP contribution is 2.21. The van der Waals surface area contributed by atoms with Gasteiger partial charge in [0.2, 0.25) is 0 Å². The summed E-state index contributed by atoms with van der Waals surface area (Å²) >= 11 is 1.46. The van der Waals surface area contributed by atoms with Crippen molar-refractivity contribution in [2.24, 2.45) is 5.73 Å². The van der Waals surface area contributed by atoms with E-state index in [9.17, 15) is 4.79 Å². The van der Waals surface area contributed by atoms with Crippen molar-refractivity contribution in [3.8, 4) is 0 Å². The first kappa shape index (κ1) is 12.8. The zero-order valence-corrected chi connectivity index (χ0v) is 10.3. The lowest BCUT2D eigenvalue weighted by atomic mass is 10.3. The van der Waals surface area contributed by atoms with E-state index in [0.717, 1.165) is 6.42 Å². The highest BCUT2D eigenvalue weighted by atomic mass is 32.2. The average molecular weight is 243 g/mol. The molecule has 0 saturated heterocycles. The predicted molar refractivity (Wildman–Crippen MR) is 65.0 cm³/mol. The number of rotatable bonds is 6. The van der Waals surface area contributed by atoms with Crippen molar-refractivity contribution < 1.29 is 0 Å². The molecule has 16 heavy (non-hydrogen) atoms. The topological polar surface area (TPSA) is 101 Å². The maximum Gasteiger partial charge on any atom is 0.343 e. The first-order chi connectivity index (χ1) is 7.54. The Balaban J connectivity index is 2.73. The molecule has 1 rings (SSSR count). The molecule has 0 radical (unpaired) electrons. The van der Waals surface area contributed by atoms with Crippen LogP contribution in [0.1, 0.15) is 26.7 Å². The summed E-state index contributed by atoms with van der Waals surface area (Å²) in [5.41, 5.74) is 5.14. The number of thioether (sulfide) groups is 1. The summed E-state index contributed by atoms with van der Waals surface area (Å²) in [6.07, 6.45) is 1.38. The quantitative estimate of drug-likeness (QED) is 0.390. The van der Waals surface area contributed by atoms with E-state index in [-0.39, 0.29) is 16.8 Å². The molecule has 0 fully saturated rings. The van der Waals surface area contributed by atoms with Gasteiger partial charge in [0.15, 0.2) is 5.16 Å². The summed E-state index contributed by atoms with van der Waals surface area (Å²) in [5, 5.41) is 14.4. The number of nitrogens with zero attached hydrogens (tertiary/aromatic N) is 2. The number of hydrogen-bond acceptors (Lipinski definition) is 4. The highest BCUT2D eigenvalue weighted by molar-refractivity contribution is 7.99. The van der Waals surface area contributed by atoms with Crippen molar-refractivity contribution in [2.45, 2.75) is 43.6 Å². The number of nitrogens with one attached hydrogen (secondary N) is 2. The largest absolute Gasteiger partial charge is 0.388 e. The van der Waals surface area contributed by atoms with Gasteiger partial charge in [-0.2, -0.15) is 0 Å². The number of aromatic nitrogens is 3. The molecule has 7 heteroatoms. The van der Waals surface area contributed by atoms with Gasteiger partial charge < -0.3 is 5.73 Å². The molecule has 1 aromatic heterocycles. The smallest absolute Gasteiger partial charge is 0.343 e. The summed E-state index contributed by atoms with van der Waals surface area (Å²) in [7, 11) is 0. The van der Waals surface area contributed by atoms with E-state index in [1.807, 2.05) is 13.8 Å². The number of hydrogen-bond donors (Lipinski definition) is 3. The van der Waals surface area contributed by atoms with Gasteiger partial charge in [-0.1, -0.05) is 25.6 Å². The van der Waals surface area contributed by atoms with Crippen LogP contribution in [0.15, 0.2) is 9.95 Å². The summed E-state index contributed by atoms with van der Waals surface area (Å²) < 4.78 is 1.61. The molecule has 1 unspecified atom stereocenters. The molecule has 1 aromatic rings. The van der Waals surface area contributed by atoms with E-state index < -0.39 is 0 Å². The SMILES string of the molecule is CCCn1c(SC(C)CC(=N)N)n[nH]c1=O. The zero-order valence-electron chi connectivity index (χ0n) is 9.49. The third kappa shape index (κ3) is 3.41. The van der Waals surface area contributed by atoms with E-state index in [0.29, 0.717) is 18.1 Å². The molecule has 4 N–H and O–H groups in total. The predicted octanol–water partition coefficient (Wildman–Crippen LogP) is 0.788. The highest BCUT2D eigenvalue weighted by Gasteiger charge is 2.13. The zero-order chi connectivity index (χ0) is 12.1. The number of nitrogens with two attached hydrogens (primary N) is 1. The van der Waals surface area contributed by atoms with E-state index in [4.69, 9.17) is 11.1 Å². The fraction of sp³-hybridized carbons (Fsp3) is 0.667. The maximum absolute atomic E-state index is 11.4. The molecule has 1 atom stereocenters. The summed E-state index contributed by atoms with van der Waals surface area (Å²) in [4.78, 5) is 11.4. The van der Waals surface area contributed by atoms with Gasteiger partial charge in [0.05, 0.1) is 5.84 Å². The Morgan fingerprint density at radius 1 is 1.75 bits per heavy atom. The van der Waals surface area contributed by atoms with Crippen LogP contribution in [-0.4, -0.2) is 25.9 Å². The van der Waals surface area contributed by atoms with Crippen molar-refractivity contribution in [3.63, 3.8) is 0 Å². The number of aromatic amines is 1. The second kappa shape index (κ2) is 5.74. The van der Waals surface area contributed by atoms with Crippen LogP contribution in [0.2, 0.25) is 0 Å². The van der Waals surface area contributed by atoms with Crippen LogP contribution >= 0.6 is 11.8 Å². The van der Waals surface area contributed by atoms with Gasteiger partial charge in [-0.25, -0.2) is 9.89 Å². The molecule has 0 aliphatic heterocycles. The molecule has 1 heterocycles. The first-order valence-electron chi connectivity index (χ1n) is 5.19. The maximum atomic E-state index is 11.4. The van der Waals surface area contributed by atoms with Crippen LogP contribution in [0.3, 0.4) is 0 Å². The Bertz CT molecular complexity index is 410. The lowest BCUT2D eigenvalue weighted by Gasteiger charge is -2.09. The standard InChI is InChI=1S/C9H17N5OS/c1-3-4-14-8(15)12-13-9(14)16-6(2)5-7(10)11/h6H,3-5H2,1-2H3,(H3,10,11)(H,12,15). The van der Waals surface area contributed by atoms with Crippen LogP contribution in [-0.2, 0) is 6.54 Å². The van der Waals surface area contributed by atoms with Crippen LogP contribution in [0.25, 0.3) is 0 Å². The van der Waals surface area contributed by atoms with Gasteiger partial charge in [0.25, 0.3) is 0 Å². The van der Waals surface area contributed by atoms with Gasteiger partial charge in [0.1, 0.15) is 0 Å². The molecule has 0 aliphatic carbocycles. The molecular formula is C9H17N5OS. The fourth-order valence-electron chi connectivity index (χ4n) is 1.35. The monoisotopic (exact) mass is 243 g/mol. The normalized spacial score (nSPS) is 12.6. The minimum Gasteiger partial charge on any atom is -0.388 e. The average Bonchev–Trinajstić information content (AvgIpc) is 2.49. The Hall–Kier alpha value is -1.24. The van der Waals surface area contributed by atoms with E-state index in [2.05, 4.69) is 10.2 Å². The lowest BCUT2D eigenvalue weighted by molar-refractivity contribution is 0.603. The van der Waals surface area contributed by atoms with Crippen molar-refractivity contribution >= 4 is 17.6 Å². The molecule has 6 nitrogen and oxygen atoms in total. The van der Waals surface area contributed by atoms with E-state index >= 15 is 0 Å². The third-order valence-corrected chi connectivity index (χ3v) is 3.08. The first-order valence-corrected chi connectivity index (χ1v) is 6.07. The van der Waals surface area contributed by atoms with E-state index in [1.54, 1.807) is 4.57 Å². The number of H-pyrrole nitrogens is 1. The van der Waals surface area contributed by atoms with Gasteiger partial charge in [-0.05, 0) is 6.42 Å². The second-order valence-electron chi connectivity index (χ2n) is 3.62. The van der Waals surface area contributed by atoms with Crippen molar-refractivity contribution in [1.29, 1.82) is 5.41 Å². The molecule has 0 spiro atoms. The summed E-state index contributed by atoms with van der Waals surface area (Å²) in [6, 6.07) is 0. The lowest BCUT2D eigenvalue weighted by Crippen LogP contribution is -2.19. The molecule has 0 aliphatic rings. The Labute approximate surface area is 98.1 Å². The molecular weight excluding hydrogens is 226 g/mol. The van der Waals surface area contributed by atoms with Gasteiger partial charge in [-0.15, -0.1) is 5.10 Å². The van der Waals surface area contributed by atoms with Gasteiger partial charge >= 0.3 is 5.69 Å². The molecule has 90 valence electrons. The van der Waals surface area contributed by atoms with Gasteiger partial charge in [0, 0.05) is 18.2 Å². The van der Waals surface area contributed by atoms with Crippen LogP contribution in [0.5, 0.6) is 0 Å². The Kier molecular flexibility index (Phi) is 4.60. The Morgan fingerprint density at radius 2 is 2.44 bits per heavy atom. The van der Waals surface area contributed by atoms with Crippen molar-refractivity contribution in [2.75, 3.05) is 0 Å². The Morgan fingerprint density at radius 3 is 3.00 bits per heavy atom. The minimum absolute atomic E-state index is 0.142. The van der Waals surface area contributed by atoms with Gasteiger partial charge in [-0.3, -0.25) is 9.98 Å². The van der Waals surface area contributed by atoms with Crippen molar-refractivity contribution in [1.82, 2.24) is 14.8 Å². The summed E-state index contributed by atoms with van der Waals surface area (Å²) in [6.45, 7) is 4.62. The molecule has 0 saturated carbocycles. The minimum atomic E-state index is -0.181.